The van der Waals surface area contributed by atoms with E-state index in [0.717, 1.165) is 43.7 Å². The summed E-state index contributed by atoms with van der Waals surface area (Å²) in [5, 5.41) is 3.53. The van der Waals surface area contributed by atoms with E-state index >= 15 is 0 Å². The Morgan fingerprint density at radius 3 is 2.15 bits per heavy atom. The van der Waals surface area contributed by atoms with Gasteiger partial charge in [0.25, 0.3) is 5.91 Å². The third-order valence-corrected chi connectivity index (χ3v) is 3.72. The van der Waals surface area contributed by atoms with Gasteiger partial charge in [-0.1, -0.05) is 54.9 Å². The summed E-state index contributed by atoms with van der Waals surface area (Å²) in [4.78, 5) is 15.0. The number of nitrogens with zero attached hydrogens (tertiary/aromatic N) is 1. The molecule has 0 saturated heterocycles. The normalized spacial score (nSPS) is 18.1. The fourth-order valence-electron chi connectivity index (χ4n) is 2.67. The summed E-state index contributed by atoms with van der Waals surface area (Å²) >= 11 is 0. The highest BCUT2D eigenvalue weighted by molar-refractivity contribution is 5.95. The molecule has 20 heavy (non-hydrogen) atoms. The molecule has 0 atom stereocenters. The number of carbonyl (C=O) groups excluding carboxylic acids is 1. The highest BCUT2D eigenvalue weighted by Gasteiger charge is 2.36. The van der Waals surface area contributed by atoms with Crippen molar-refractivity contribution in [1.29, 1.82) is 0 Å². The number of carbonyl (C=O) groups is 1. The molecule has 0 aromatic rings. The molecule has 1 amide bonds. The molecule has 0 aromatic carbocycles. The van der Waals surface area contributed by atoms with E-state index in [9.17, 15) is 4.79 Å². The summed E-state index contributed by atoms with van der Waals surface area (Å²) in [5.41, 5.74) is 1.91. The molecule has 3 heteroatoms. The third-order valence-electron chi connectivity index (χ3n) is 3.72. The minimum Gasteiger partial charge on any atom is -0.386 e. The SMILES string of the molecule is CCCCN1CCNC(C(C)(C)C)=C(C(C)(C)C)C1=O. The summed E-state index contributed by atoms with van der Waals surface area (Å²) in [5.74, 6) is 0.223. The molecule has 1 aliphatic rings. The minimum absolute atomic E-state index is 0.0287. The fourth-order valence-corrected chi connectivity index (χ4v) is 2.67. The van der Waals surface area contributed by atoms with Gasteiger partial charge in [0, 0.05) is 36.3 Å². The second-order valence-corrected chi connectivity index (χ2v) is 7.82. The highest BCUT2D eigenvalue weighted by atomic mass is 16.2. The molecule has 0 unspecified atom stereocenters. The number of hydrogen-bond donors (Lipinski definition) is 1. The first-order valence-electron chi connectivity index (χ1n) is 7.87. The van der Waals surface area contributed by atoms with E-state index in [1.54, 1.807) is 0 Å². The van der Waals surface area contributed by atoms with Crippen LogP contribution in [0.25, 0.3) is 0 Å². The molecule has 0 bridgehead atoms. The Morgan fingerprint density at radius 1 is 1.10 bits per heavy atom. The molecule has 0 saturated carbocycles. The molecule has 1 aliphatic heterocycles. The van der Waals surface area contributed by atoms with Crippen LogP contribution in [-0.4, -0.2) is 30.4 Å². The predicted octanol–water partition coefficient (Wildman–Crippen LogP) is 3.56. The van der Waals surface area contributed by atoms with Gasteiger partial charge in [0.2, 0.25) is 0 Å². The molecule has 1 N–H and O–H groups in total. The van der Waals surface area contributed by atoms with Gasteiger partial charge in [-0.25, -0.2) is 0 Å². The smallest absolute Gasteiger partial charge is 0.252 e. The predicted molar refractivity (Wildman–Crippen MR) is 85.4 cm³/mol. The Kier molecular flexibility index (Phi) is 5.28. The molecule has 1 heterocycles. The van der Waals surface area contributed by atoms with Crippen molar-refractivity contribution in [3.63, 3.8) is 0 Å². The second kappa shape index (κ2) is 6.19. The molecule has 0 spiro atoms. The van der Waals surface area contributed by atoms with Gasteiger partial charge in [0.15, 0.2) is 0 Å². The third kappa shape index (κ3) is 4.00. The van der Waals surface area contributed by atoms with Crippen molar-refractivity contribution in [2.45, 2.75) is 61.3 Å². The van der Waals surface area contributed by atoms with Crippen LogP contribution in [0.1, 0.15) is 61.3 Å². The van der Waals surface area contributed by atoms with Crippen molar-refractivity contribution in [2.24, 2.45) is 10.8 Å². The summed E-state index contributed by atoms with van der Waals surface area (Å²) in [6, 6.07) is 0. The lowest BCUT2D eigenvalue weighted by Gasteiger charge is -2.32. The average Bonchev–Trinajstić information content (AvgIpc) is 2.44. The number of amides is 1. The lowest BCUT2D eigenvalue weighted by Crippen LogP contribution is -2.37. The van der Waals surface area contributed by atoms with Gasteiger partial charge in [0.1, 0.15) is 0 Å². The van der Waals surface area contributed by atoms with E-state index in [1.807, 2.05) is 4.90 Å². The van der Waals surface area contributed by atoms with Gasteiger partial charge in [-0.3, -0.25) is 4.79 Å². The quantitative estimate of drug-likeness (QED) is 0.857. The van der Waals surface area contributed by atoms with Crippen LogP contribution in [0.4, 0.5) is 0 Å². The van der Waals surface area contributed by atoms with Crippen LogP contribution in [0.3, 0.4) is 0 Å². The zero-order valence-electron chi connectivity index (χ0n) is 14.4. The molecular formula is C17H32N2O. The molecule has 116 valence electrons. The highest BCUT2D eigenvalue weighted by Crippen LogP contribution is 2.37. The first-order chi connectivity index (χ1) is 9.09. The number of hydrogen-bond acceptors (Lipinski definition) is 2. The maximum atomic E-state index is 13.0. The molecule has 0 fully saturated rings. The van der Waals surface area contributed by atoms with Crippen molar-refractivity contribution in [2.75, 3.05) is 19.6 Å². The van der Waals surface area contributed by atoms with Crippen LogP contribution >= 0.6 is 0 Å². The van der Waals surface area contributed by atoms with Crippen molar-refractivity contribution in [3.8, 4) is 0 Å². The van der Waals surface area contributed by atoms with E-state index in [0.29, 0.717) is 0 Å². The number of unbranched alkanes of at least 4 members (excludes halogenated alkanes) is 1. The van der Waals surface area contributed by atoms with E-state index in [-0.39, 0.29) is 16.7 Å². The molecular weight excluding hydrogens is 248 g/mol. The number of allylic oxidation sites excluding steroid dienone is 1. The van der Waals surface area contributed by atoms with Crippen LogP contribution in [-0.2, 0) is 4.79 Å². The summed E-state index contributed by atoms with van der Waals surface area (Å²) in [6.07, 6.45) is 2.20. The number of rotatable bonds is 3. The van der Waals surface area contributed by atoms with Crippen LogP contribution in [0, 0.1) is 10.8 Å². The first-order valence-corrected chi connectivity index (χ1v) is 7.87. The van der Waals surface area contributed by atoms with E-state index in [2.05, 4.69) is 53.8 Å². The fraction of sp³-hybridized carbons (Fsp3) is 0.824. The maximum absolute atomic E-state index is 13.0. The zero-order valence-corrected chi connectivity index (χ0v) is 14.4. The van der Waals surface area contributed by atoms with Crippen LogP contribution in [0.15, 0.2) is 11.3 Å². The largest absolute Gasteiger partial charge is 0.386 e. The summed E-state index contributed by atoms with van der Waals surface area (Å²) in [7, 11) is 0. The summed E-state index contributed by atoms with van der Waals surface area (Å²) < 4.78 is 0. The Hall–Kier alpha value is -0.990. The molecule has 0 aliphatic carbocycles. The van der Waals surface area contributed by atoms with Crippen LogP contribution in [0.2, 0.25) is 0 Å². The van der Waals surface area contributed by atoms with E-state index in [4.69, 9.17) is 0 Å². The van der Waals surface area contributed by atoms with Crippen molar-refractivity contribution < 1.29 is 4.79 Å². The molecule has 0 aromatic heterocycles. The Morgan fingerprint density at radius 2 is 1.70 bits per heavy atom. The van der Waals surface area contributed by atoms with Crippen molar-refractivity contribution >= 4 is 5.91 Å². The Labute approximate surface area is 124 Å². The number of nitrogens with one attached hydrogen (secondary N) is 1. The molecule has 0 radical (unpaired) electrons. The van der Waals surface area contributed by atoms with Gasteiger partial charge in [-0.15, -0.1) is 0 Å². The lowest BCUT2D eigenvalue weighted by molar-refractivity contribution is -0.128. The summed E-state index contributed by atoms with van der Waals surface area (Å²) in [6.45, 7) is 17.6. The molecule has 1 rings (SSSR count). The lowest BCUT2D eigenvalue weighted by atomic mass is 9.78. The van der Waals surface area contributed by atoms with Gasteiger partial charge < -0.3 is 10.2 Å². The van der Waals surface area contributed by atoms with Crippen LogP contribution in [0.5, 0.6) is 0 Å². The first kappa shape index (κ1) is 17.1. The standard InChI is InChI=1S/C17H32N2O/c1-8-9-11-19-12-10-18-14(17(5,6)7)13(15(19)20)16(2,3)4/h18H,8-12H2,1-7H3. The maximum Gasteiger partial charge on any atom is 0.252 e. The van der Waals surface area contributed by atoms with Gasteiger partial charge in [-0.05, 0) is 11.8 Å². The van der Waals surface area contributed by atoms with Gasteiger partial charge in [-0.2, -0.15) is 0 Å². The Balaban J connectivity index is 3.24. The van der Waals surface area contributed by atoms with Gasteiger partial charge in [0.05, 0.1) is 0 Å². The van der Waals surface area contributed by atoms with Crippen molar-refractivity contribution in [3.05, 3.63) is 11.3 Å². The minimum atomic E-state index is -0.137. The molecule has 3 nitrogen and oxygen atoms in total. The topological polar surface area (TPSA) is 32.3 Å². The van der Waals surface area contributed by atoms with Crippen LogP contribution < -0.4 is 5.32 Å². The van der Waals surface area contributed by atoms with Crippen molar-refractivity contribution in [1.82, 2.24) is 10.2 Å². The second-order valence-electron chi connectivity index (χ2n) is 7.82. The Bertz CT molecular complexity index is 383. The average molecular weight is 280 g/mol. The monoisotopic (exact) mass is 280 g/mol. The van der Waals surface area contributed by atoms with Gasteiger partial charge >= 0.3 is 0 Å². The zero-order chi connectivity index (χ0) is 15.6. The van der Waals surface area contributed by atoms with E-state index in [1.165, 1.54) is 0 Å². The van der Waals surface area contributed by atoms with E-state index < -0.39 is 0 Å².